The Morgan fingerprint density at radius 2 is 2.00 bits per heavy atom. The molecule has 1 aliphatic rings. The molecule has 1 aliphatic carbocycles. The van der Waals surface area contributed by atoms with Gasteiger partial charge in [-0.05, 0) is 56.7 Å². The van der Waals surface area contributed by atoms with E-state index in [1.54, 1.807) is 6.92 Å². The van der Waals surface area contributed by atoms with E-state index in [0.29, 0.717) is 40.3 Å². The number of amides is 1. The first-order valence-corrected chi connectivity index (χ1v) is 10.7. The van der Waals surface area contributed by atoms with Gasteiger partial charge in [0.15, 0.2) is 11.0 Å². The fourth-order valence-corrected chi connectivity index (χ4v) is 3.51. The molecule has 0 radical (unpaired) electrons. The van der Waals surface area contributed by atoms with Crippen molar-refractivity contribution < 1.29 is 4.79 Å². The van der Waals surface area contributed by atoms with Crippen LogP contribution in [0.1, 0.15) is 42.3 Å². The largest absolute Gasteiger partial charge is 0.326 e. The smallest absolute Gasteiger partial charge is 0.254 e. The van der Waals surface area contributed by atoms with Crippen molar-refractivity contribution in [3.63, 3.8) is 0 Å². The fourth-order valence-electron chi connectivity index (χ4n) is 3.08. The van der Waals surface area contributed by atoms with E-state index in [4.69, 9.17) is 0 Å². The molecule has 0 unspecified atom stereocenters. The summed E-state index contributed by atoms with van der Waals surface area (Å²) in [6.45, 7) is 1.79. The molecule has 1 aromatic carbocycles. The summed E-state index contributed by atoms with van der Waals surface area (Å²) in [5.41, 5.74) is 2.61. The maximum absolute atomic E-state index is 12.3. The number of hydrogen-bond acceptors (Lipinski definition) is 6. The molecule has 2 aromatic heterocycles. The average molecular weight is 411 g/mol. The van der Waals surface area contributed by atoms with E-state index in [9.17, 15) is 9.59 Å². The Morgan fingerprint density at radius 1 is 1.24 bits per heavy atom. The number of benzene rings is 1. The Balaban J connectivity index is 1.35. The van der Waals surface area contributed by atoms with Gasteiger partial charge in [-0.15, -0.1) is 0 Å². The van der Waals surface area contributed by atoms with E-state index < -0.39 is 0 Å². The molecule has 9 heteroatoms. The highest BCUT2D eigenvalue weighted by atomic mass is 32.2. The first-order valence-electron chi connectivity index (χ1n) is 9.50. The SMILES string of the molecule is CSc1nc(C)c(CCC(=O)Nc2ccc(-c3n[nH]c(C4CC4)n3)cc2)c(=O)[nH]1. The third-order valence-electron chi connectivity index (χ3n) is 4.89. The van der Waals surface area contributed by atoms with Gasteiger partial charge in [0.2, 0.25) is 5.91 Å². The summed E-state index contributed by atoms with van der Waals surface area (Å²) < 4.78 is 0. The Morgan fingerprint density at radius 3 is 2.66 bits per heavy atom. The number of thioether (sulfide) groups is 1. The lowest BCUT2D eigenvalue weighted by atomic mass is 10.1. The zero-order valence-electron chi connectivity index (χ0n) is 16.3. The monoisotopic (exact) mass is 410 g/mol. The van der Waals surface area contributed by atoms with E-state index >= 15 is 0 Å². The molecular weight excluding hydrogens is 388 g/mol. The quantitative estimate of drug-likeness (QED) is 0.407. The van der Waals surface area contributed by atoms with E-state index in [0.717, 1.165) is 11.4 Å². The normalized spacial score (nSPS) is 13.4. The van der Waals surface area contributed by atoms with Gasteiger partial charge >= 0.3 is 0 Å². The number of carbonyl (C=O) groups is 1. The lowest BCUT2D eigenvalue weighted by molar-refractivity contribution is -0.116. The van der Waals surface area contributed by atoms with Crippen LogP contribution in [0.15, 0.2) is 34.2 Å². The van der Waals surface area contributed by atoms with Crippen LogP contribution in [-0.2, 0) is 11.2 Å². The van der Waals surface area contributed by atoms with Gasteiger partial charge in [0, 0.05) is 34.8 Å². The van der Waals surface area contributed by atoms with Crippen molar-refractivity contribution in [2.24, 2.45) is 0 Å². The van der Waals surface area contributed by atoms with Crippen LogP contribution in [-0.4, -0.2) is 37.3 Å². The number of aryl methyl sites for hydroxylation is 1. The number of carbonyl (C=O) groups excluding carboxylic acids is 1. The maximum Gasteiger partial charge on any atom is 0.254 e. The second kappa shape index (κ2) is 8.20. The van der Waals surface area contributed by atoms with Gasteiger partial charge in [0.1, 0.15) is 5.82 Å². The number of nitrogens with one attached hydrogen (secondary N) is 3. The first-order chi connectivity index (χ1) is 14.0. The highest BCUT2D eigenvalue weighted by Crippen LogP contribution is 2.38. The minimum Gasteiger partial charge on any atom is -0.326 e. The third-order valence-corrected chi connectivity index (χ3v) is 5.47. The lowest BCUT2D eigenvalue weighted by Gasteiger charge is -2.07. The number of anilines is 1. The standard InChI is InChI=1S/C20H22N6O2S/c1-11-15(19(28)24-20(21-11)29-2)9-10-16(27)22-14-7-5-13(6-8-14)18-23-17(25-26-18)12-3-4-12/h5-8,12H,3-4,9-10H2,1-2H3,(H,22,27)(H,21,24,28)(H,23,25,26). The summed E-state index contributed by atoms with van der Waals surface area (Å²) in [5, 5.41) is 10.7. The zero-order chi connectivity index (χ0) is 20.4. The van der Waals surface area contributed by atoms with Gasteiger partial charge in [0.25, 0.3) is 5.56 Å². The van der Waals surface area contributed by atoms with Crippen molar-refractivity contribution in [1.82, 2.24) is 25.1 Å². The fraction of sp³-hybridized carbons (Fsp3) is 0.350. The van der Waals surface area contributed by atoms with Crippen molar-refractivity contribution in [3.8, 4) is 11.4 Å². The minimum atomic E-state index is -0.184. The van der Waals surface area contributed by atoms with Gasteiger partial charge in [-0.2, -0.15) is 5.10 Å². The molecule has 29 heavy (non-hydrogen) atoms. The topological polar surface area (TPSA) is 116 Å². The molecule has 3 N–H and O–H groups in total. The molecule has 3 aromatic rings. The molecule has 0 atom stereocenters. The number of H-pyrrole nitrogens is 2. The van der Waals surface area contributed by atoms with Gasteiger partial charge in [-0.25, -0.2) is 9.97 Å². The van der Waals surface area contributed by atoms with Crippen LogP contribution in [0.3, 0.4) is 0 Å². The molecule has 1 fully saturated rings. The number of hydrogen-bond donors (Lipinski definition) is 3. The Kier molecular flexibility index (Phi) is 5.48. The van der Waals surface area contributed by atoms with Crippen LogP contribution in [0.2, 0.25) is 0 Å². The van der Waals surface area contributed by atoms with E-state index in [-0.39, 0.29) is 17.9 Å². The minimum absolute atomic E-state index is 0.153. The first kappa shape index (κ1) is 19.4. The summed E-state index contributed by atoms with van der Waals surface area (Å²) in [6, 6.07) is 7.42. The van der Waals surface area contributed by atoms with E-state index in [2.05, 4.69) is 30.5 Å². The predicted molar refractivity (Wildman–Crippen MR) is 112 cm³/mol. The van der Waals surface area contributed by atoms with E-state index in [1.807, 2.05) is 30.5 Å². The van der Waals surface area contributed by atoms with Crippen molar-refractivity contribution >= 4 is 23.4 Å². The predicted octanol–water partition coefficient (Wildman–Crippen LogP) is 3.03. The van der Waals surface area contributed by atoms with Crippen LogP contribution in [0.4, 0.5) is 5.69 Å². The number of aromatic nitrogens is 5. The second-order valence-electron chi connectivity index (χ2n) is 7.08. The van der Waals surface area contributed by atoms with Gasteiger partial charge in [-0.1, -0.05) is 11.8 Å². The van der Waals surface area contributed by atoms with Gasteiger partial charge < -0.3 is 10.3 Å². The summed E-state index contributed by atoms with van der Waals surface area (Å²) in [5.74, 6) is 1.99. The van der Waals surface area contributed by atoms with Crippen molar-refractivity contribution in [3.05, 3.63) is 51.7 Å². The molecular formula is C20H22N6O2S. The molecule has 150 valence electrons. The molecule has 8 nitrogen and oxygen atoms in total. The summed E-state index contributed by atoms with van der Waals surface area (Å²) in [6.07, 6.45) is 4.74. The Labute approximate surface area is 172 Å². The van der Waals surface area contributed by atoms with Gasteiger partial charge in [-0.3, -0.25) is 14.7 Å². The number of nitrogens with zero attached hydrogens (tertiary/aromatic N) is 3. The van der Waals surface area contributed by atoms with Crippen LogP contribution in [0.25, 0.3) is 11.4 Å². The summed E-state index contributed by atoms with van der Waals surface area (Å²) >= 11 is 1.38. The van der Waals surface area contributed by atoms with Crippen molar-refractivity contribution in [2.75, 3.05) is 11.6 Å². The Bertz CT molecular complexity index is 1090. The van der Waals surface area contributed by atoms with Crippen molar-refractivity contribution in [2.45, 2.75) is 43.7 Å². The van der Waals surface area contributed by atoms with Gasteiger partial charge in [0.05, 0.1) is 0 Å². The number of rotatable bonds is 7. The van der Waals surface area contributed by atoms with Crippen LogP contribution < -0.4 is 10.9 Å². The molecule has 0 aliphatic heterocycles. The molecule has 1 amide bonds. The highest BCUT2D eigenvalue weighted by molar-refractivity contribution is 7.98. The van der Waals surface area contributed by atoms with E-state index in [1.165, 1.54) is 24.6 Å². The van der Waals surface area contributed by atoms with Crippen molar-refractivity contribution in [1.29, 1.82) is 0 Å². The lowest BCUT2D eigenvalue weighted by Crippen LogP contribution is -2.20. The van der Waals surface area contributed by atoms with Crippen LogP contribution in [0.5, 0.6) is 0 Å². The second-order valence-corrected chi connectivity index (χ2v) is 7.88. The third kappa shape index (κ3) is 4.56. The Hall–Kier alpha value is -2.94. The molecule has 0 bridgehead atoms. The average Bonchev–Trinajstić information content (AvgIpc) is 3.44. The summed E-state index contributed by atoms with van der Waals surface area (Å²) in [7, 11) is 0. The molecule has 2 heterocycles. The zero-order valence-corrected chi connectivity index (χ0v) is 17.1. The highest BCUT2D eigenvalue weighted by Gasteiger charge is 2.27. The van der Waals surface area contributed by atoms with Crippen LogP contribution >= 0.6 is 11.8 Å². The molecule has 1 saturated carbocycles. The molecule has 0 saturated heterocycles. The van der Waals surface area contributed by atoms with Crippen LogP contribution in [0, 0.1) is 6.92 Å². The summed E-state index contributed by atoms with van der Waals surface area (Å²) in [4.78, 5) is 36.0. The molecule has 4 rings (SSSR count). The molecule has 0 spiro atoms. The maximum atomic E-state index is 12.3. The number of aromatic amines is 2.